The van der Waals surface area contributed by atoms with Gasteiger partial charge in [0, 0.05) is 17.8 Å². The van der Waals surface area contributed by atoms with Crippen molar-refractivity contribution >= 4 is 46.6 Å². The first-order valence-electron chi connectivity index (χ1n) is 8.84. The minimum atomic E-state index is -0.387. The van der Waals surface area contributed by atoms with Crippen LogP contribution in [0.5, 0.6) is 5.75 Å². The van der Waals surface area contributed by atoms with Crippen molar-refractivity contribution in [2.45, 2.75) is 25.1 Å². The first-order valence-corrected chi connectivity index (χ1v) is 10.6. The van der Waals surface area contributed by atoms with E-state index in [1.807, 2.05) is 45.2 Å². The molecule has 0 fully saturated rings. The molecule has 0 spiro atoms. The van der Waals surface area contributed by atoms with Crippen molar-refractivity contribution in [2.24, 2.45) is 7.05 Å². The number of carbonyl (C=O) groups is 1. The average Bonchev–Trinajstić information content (AvgIpc) is 3.03. The van der Waals surface area contributed by atoms with Gasteiger partial charge < -0.3 is 14.6 Å². The minimum Gasteiger partial charge on any atom is -0.481 e. The number of benzene rings is 2. The Balaban J connectivity index is 1.60. The lowest BCUT2D eigenvalue weighted by Crippen LogP contribution is -2.15. The van der Waals surface area contributed by atoms with Gasteiger partial charge in [-0.25, -0.2) is 0 Å². The molecule has 0 aliphatic carbocycles. The summed E-state index contributed by atoms with van der Waals surface area (Å²) in [6.07, 6.45) is -0.387. The third-order valence-electron chi connectivity index (χ3n) is 4.06. The number of hydrogen-bond acceptors (Lipinski definition) is 5. The lowest BCUT2D eigenvalue weighted by atomic mass is 10.2. The van der Waals surface area contributed by atoms with Gasteiger partial charge in [-0.2, -0.15) is 0 Å². The topological polar surface area (TPSA) is 69.0 Å². The fraction of sp³-hybridized carbons (Fsp3) is 0.250. The van der Waals surface area contributed by atoms with Gasteiger partial charge in [0.15, 0.2) is 17.1 Å². The van der Waals surface area contributed by atoms with Crippen LogP contribution in [0.4, 0.5) is 5.69 Å². The average molecular weight is 451 g/mol. The van der Waals surface area contributed by atoms with E-state index < -0.39 is 0 Å². The lowest BCUT2D eigenvalue weighted by Gasteiger charge is -2.15. The van der Waals surface area contributed by atoms with Crippen molar-refractivity contribution < 1.29 is 9.53 Å². The number of rotatable bonds is 7. The Hall–Kier alpha value is -2.22. The van der Waals surface area contributed by atoms with Crippen molar-refractivity contribution in [3.05, 3.63) is 63.9 Å². The second kappa shape index (κ2) is 9.52. The largest absolute Gasteiger partial charge is 0.481 e. The molecule has 0 aliphatic heterocycles. The van der Waals surface area contributed by atoms with Gasteiger partial charge >= 0.3 is 0 Å². The highest BCUT2D eigenvalue weighted by atomic mass is 35.5. The van der Waals surface area contributed by atoms with Crippen molar-refractivity contribution in [1.82, 2.24) is 14.8 Å². The Kier molecular flexibility index (Phi) is 7.05. The van der Waals surface area contributed by atoms with Crippen LogP contribution in [0.2, 0.25) is 10.0 Å². The van der Waals surface area contributed by atoms with E-state index in [-0.39, 0.29) is 17.8 Å². The van der Waals surface area contributed by atoms with Crippen LogP contribution >= 0.6 is 35.0 Å². The molecule has 1 unspecified atom stereocenters. The van der Waals surface area contributed by atoms with E-state index in [9.17, 15) is 4.79 Å². The van der Waals surface area contributed by atoms with Gasteiger partial charge in [0.2, 0.25) is 5.91 Å². The Bertz CT molecular complexity index is 1030. The number of aromatic nitrogens is 3. The molecule has 1 amide bonds. The molecule has 9 heteroatoms. The first-order chi connectivity index (χ1) is 13.8. The van der Waals surface area contributed by atoms with Crippen molar-refractivity contribution in [3.8, 4) is 5.75 Å². The van der Waals surface area contributed by atoms with Gasteiger partial charge in [0.05, 0.1) is 10.8 Å². The van der Waals surface area contributed by atoms with Gasteiger partial charge in [-0.3, -0.25) is 4.79 Å². The van der Waals surface area contributed by atoms with E-state index >= 15 is 0 Å². The molecule has 0 radical (unpaired) electrons. The Morgan fingerprint density at radius 1 is 1.24 bits per heavy atom. The van der Waals surface area contributed by atoms with E-state index in [2.05, 4.69) is 15.5 Å². The number of nitrogens with one attached hydrogen (secondary N) is 1. The maximum absolute atomic E-state index is 12.2. The molecular weight excluding hydrogens is 431 g/mol. The van der Waals surface area contributed by atoms with Crippen LogP contribution < -0.4 is 10.1 Å². The number of halogens is 2. The number of hydrogen-bond donors (Lipinski definition) is 1. The summed E-state index contributed by atoms with van der Waals surface area (Å²) in [5, 5.41) is 12.8. The normalized spacial score (nSPS) is 11.9. The number of carbonyl (C=O) groups excluding carboxylic acids is 1. The SMILES string of the molecule is Cc1cccc(NC(=O)CSc2nnc(C(C)Oc3ccc(Cl)cc3Cl)n2C)c1. The smallest absolute Gasteiger partial charge is 0.234 e. The summed E-state index contributed by atoms with van der Waals surface area (Å²) in [7, 11) is 1.83. The molecule has 3 aromatic rings. The van der Waals surface area contributed by atoms with Crippen molar-refractivity contribution in [3.63, 3.8) is 0 Å². The number of thioether (sulfide) groups is 1. The van der Waals surface area contributed by atoms with Crippen LogP contribution in [0.15, 0.2) is 47.6 Å². The molecule has 152 valence electrons. The summed E-state index contributed by atoms with van der Waals surface area (Å²) in [5.41, 5.74) is 1.86. The van der Waals surface area contributed by atoms with E-state index in [1.165, 1.54) is 11.8 Å². The molecule has 1 atom stereocenters. The molecule has 0 saturated heterocycles. The summed E-state index contributed by atoms with van der Waals surface area (Å²) in [4.78, 5) is 12.2. The Labute approximate surface area is 183 Å². The monoisotopic (exact) mass is 450 g/mol. The standard InChI is InChI=1S/C20H20Cl2N4O2S/c1-12-5-4-6-15(9-12)23-18(27)11-29-20-25-24-19(26(20)3)13(2)28-17-8-7-14(21)10-16(17)22/h4-10,13H,11H2,1-3H3,(H,23,27). The fourth-order valence-electron chi connectivity index (χ4n) is 2.67. The third kappa shape index (κ3) is 5.65. The van der Waals surface area contributed by atoms with Crippen LogP contribution in [0, 0.1) is 6.92 Å². The van der Waals surface area contributed by atoms with Gasteiger partial charge in [-0.1, -0.05) is 47.1 Å². The van der Waals surface area contributed by atoms with Crippen LogP contribution in [-0.2, 0) is 11.8 Å². The molecule has 2 aromatic carbocycles. The molecule has 6 nitrogen and oxygen atoms in total. The zero-order valence-corrected chi connectivity index (χ0v) is 18.5. The highest BCUT2D eigenvalue weighted by Gasteiger charge is 2.19. The second-order valence-electron chi connectivity index (χ2n) is 6.44. The quantitative estimate of drug-likeness (QED) is 0.494. The fourth-order valence-corrected chi connectivity index (χ4v) is 3.84. The molecular formula is C20H20Cl2N4O2S. The summed E-state index contributed by atoms with van der Waals surface area (Å²) < 4.78 is 7.70. The molecule has 0 bridgehead atoms. The van der Waals surface area contributed by atoms with Crippen LogP contribution in [0.3, 0.4) is 0 Å². The van der Waals surface area contributed by atoms with Gasteiger partial charge in [0.25, 0.3) is 0 Å². The highest BCUT2D eigenvalue weighted by Crippen LogP contribution is 2.31. The van der Waals surface area contributed by atoms with Crippen molar-refractivity contribution in [1.29, 1.82) is 0 Å². The summed E-state index contributed by atoms with van der Waals surface area (Å²) in [6.45, 7) is 3.83. The molecule has 1 heterocycles. The summed E-state index contributed by atoms with van der Waals surface area (Å²) in [6, 6.07) is 12.7. The highest BCUT2D eigenvalue weighted by molar-refractivity contribution is 7.99. The number of ether oxygens (including phenoxy) is 1. The van der Waals surface area contributed by atoms with Gasteiger partial charge in [-0.15, -0.1) is 10.2 Å². The molecule has 3 rings (SSSR count). The lowest BCUT2D eigenvalue weighted by molar-refractivity contribution is -0.113. The van der Waals surface area contributed by atoms with Crippen LogP contribution in [0.1, 0.15) is 24.4 Å². The summed E-state index contributed by atoms with van der Waals surface area (Å²) in [5.74, 6) is 1.25. The molecule has 0 aliphatic rings. The summed E-state index contributed by atoms with van der Waals surface area (Å²) >= 11 is 13.4. The van der Waals surface area contributed by atoms with Crippen LogP contribution in [0.25, 0.3) is 0 Å². The molecule has 1 N–H and O–H groups in total. The number of nitrogens with zero attached hydrogens (tertiary/aromatic N) is 3. The third-order valence-corrected chi connectivity index (χ3v) is 5.61. The predicted octanol–water partition coefficient (Wildman–Crippen LogP) is 5.30. The maximum Gasteiger partial charge on any atom is 0.234 e. The zero-order chi connectivity index (χ0) is 21.0. The molecule has 0 saturated carbocycles. The molecule has 29 heavy (non-hydrogen) atoms. The minimum absolute atomic E-state index is 0.109. The van der Waals surface area contributed by atoms with Crippen molar-refractivity contribution in [2.75, 3.05) is 11.1 Å². The van der Waals surface area contributed by atoms with Gasteiger partial charge in [-0.05, 0) is 49.7 Å². The zero-order valence-electron chi connectivity index (χ0n) is 16.1. The number of amides is 1. The second-order valence-corrected chi connectivity index (χ2v) is 8.23. The number of anilines is 1. The number of aryl methyl sites for hydroxylation is 1. The van der Waals surface area contributed by atoms with E-state index in [4.69, 9.17) is 27.9 Å². The van der Waals surface area contributed by atoms with E-state index in [1.54, 1.807) is 22.8 Å². The Morgan fingerprint density at radius 3 is 2.76 bits per heavy atom. The maximum atomic E-state index is 12.2. The van der Waals surface area contributed by atoms with E-state index in [0.717, 1.165) is 11.3 Å². The molecule has 1 aromatic heterocycles. The predicted molar refractivity (Wildman–Crippen MR) is 117 cm³/mol. The van der Waals surface area contributed by atoms with Crippen LogP contribution in [-0.4, -0.2) is 26.4 Å². The first kappa shape index (κ1) is 21.5. The van der Waals surface area contributed by atoms with E-state index in [0.29, 0.717) is 26.8 Å². The van der Waals surface area contributed by atoms with Gasteiger partial charge in [0.1, 0.15) is 5.75 Å². The Morgan fingerprint density at radius 2 is 2.03 bits per heavy atom.